The van der Waals surface area contributed by atoms with Gasteiger partial charge in [0.2, 0.25) is 0 Å². The van der Waals surface area contributed by atoms with Crippen LogP contribution >= 0.6 is 15.9 Å². The molecule has 0 aromatic heterocycles. The second kappa shape index (κ2) is 5.76. The van der Waals surface area contributed by atoms with Crippen molar-refractivity contribution >= 4 is 21.9 Å². The lowest BCUT2D eigenvalue weighted by Gasteiger charge is -2.32. The standard InChI is InChI=1S/C18H17BrO3/c1-18(2)10-16(20)22-15-9-13(8-14(19)17(15)18)21-11-12-6-4-3-5-7-12/h3-9H,10-11H2,1-2H3. The minimum absolute atomic E-state index is 0.204. The van der Waals surface area contributed by atoms with Crippen LogP contribution in [0.5, 0.6) is 11.5 Å². The number of carbonyl (C=O) groups excluding carboxylic acids is 1. The van der Waals surface area contributed by atoms with Crippen LogP contribution in [-0.4, -0.2) is 5.97 Å². The van der Waals surface area contributed by atoms with E-state index in [0.29, 0.717) is 24.5 Å². The Morgan fingerprint density at radius 1 is 1.23 bits per heavy atom. The van der Waals surface area contributed by atoms with Crippen molar-refractivity contribution in [1.29, 1.82) is 0 Å². The number of hydrogen-bond donors (Lipinski definition) is 0. The van der Waals surface area contributed by atoms with Crippen molar-refractivity contribution in [3.8, 4) is 11.5 Å². The van der Waals surface area contributed by atoms with E-state index in [0.717, 1.165) is 15.6 Å². The molecule has 0 unspecified atom stereocenters. The summed E-state index contributed by atoms with van der Waals surface area (Å²) in [5, 5.41) is 0. The van der Waals surface area contributed by atoms with Crippen LogP contribution in [0.15, 0.2) is 46.9 Å². The number of rotatable bonds is 3. The first-order valence-electron chi connectivity index (χ1n) is 7.17. The topological polar surface area (TPSA) is 35.5 Å². The van der Waals surface area contributed by atoms with Gasteiger partial charge in [-0.2, -0.15) is 0 Å². The highest BCUT2D eigenvalue weighted by molar-refractivity contribution is 9.10. The van der Waals surface area contributed by atoms with Crippen molar-refractivity contribution in [3.63, 3.8) is 0 Å². The summed E-state index contributed by atoms with van der Waals surface area (Å²) in [6, 6.07) is 13.7. The van der Waals surface area contributed by atoms with E-state index in [1.54, 1.807) is 6.07 Å². The van der Waals surface area contributed by atoms with E-state index in [4.69, 9.17) is 9.47 Å². The maximum Gasteiger partial charge on any atom is 0.312 e. The van der Waals surface area contributed by atoms with Crippen LogP contribution in [0.3, 0.4) is 0 Å². The average Bonchev–Trinajstić information content (AvgIpc) is 2.44. The molecule has 1 heterocycles. The summed E-state index contributed by atoms with van der Waals surface area (Å²) in [4.78, 5) is 11.8. The smallest absolute Gasteiger partial charge is 0.312 e. The SMILES string of the molecule is CC1(C)CC(=O)Oc2cc(OCc3ccccc3)cc(Br)c21. The second-order valence-corrected chi connectivity index (χ2v) is 6.94. The summed E-state index contributed by atoms with van der Waals surface area (Å²) in [7, 11) is 0. The molecule has 1 aliphatic rings. The number of fused-ring (bicyclic) bond motifs is 1. The molecule has 1 aliphatic heterocycles. The number of hydrogen-bond acceptors (Lipinski definition) is 3. The Bertz CT molecular complexity index is 708. The van der Waals surface area contributed by atoms with Gasteiger partial charge in [0, 0.05) is 21.5 Å². The number of esters is 1. The minimum atomic E-state index is -0.249. The Morgan fingerprint density at radius 3 is 2.68 bits per heavy atom. The molecule has 0 saturated carbocycles. The molecule has 0 spiro atoms. The van der Waals surface area contributed by atoms with Gasteiger partial charge in [0.1, 0.15) is 18.1 Å². The summed E-state index contributed by atoms with van der Waals surface area (Å²) in [5.41, 5.74) is 1.86. The zero-order valence-electron chi connectivity index (χ0n) is 12.6. The van der Waals surface area contributed by atoms with Gasteiger partial charge in [-0.1, -0.05) is 60.1 Å². The van der Waals surface area contributed by atoms with Gasteiger partial charge >= 0.3 is 5.97 Å². The fourth-order valence-electron chi connectivity index (χ4n) is 2.73. The Labute approximate surface area is 138 Å². The fraction of sp³-hybridized carbons (Fsp3) is 0.278. The van der Waals surface area contributed by atoms with Gasteiger partial charge in [-0.3, -0.25) is 4.79 Å². The van der Waals surface area contributed by atoms with Gasteiger partial charge in [0.05, 0.1) is 6.42 Å². The zero-order chi connectivity index (χ0) is 15.7. The van der Waals surface area contributed by atoms with E-state index < -0.39 is 0 Å². The monoisotopic (exact) mass is 360 g/mol. The molecule has 114 valence electrons. The van der Waals surface area contributed by atoms with Crippen molar-refractivity contribution in [1.82, 2.24) is 0 Å². The van der Waals surface area contributed by atoms with Gasteiger partial charge < -0.3 is 9.47 Å². The maximum atomic E-state index is 11.8. The number of halogens is 1. The molecular weight excluding hydrogens is 344 g/mol. The quantitative estimate of drug-likeness (QED) is 0.591. The predicted molar refractivity (Wildman–Crippen MR) is 88.2 cm³/mol. The van der Waals surface area contributed by atoms with Crippen LogP contribution in [0, 0.1) is 0 Å². The van der Waals surface area contributed by atoms with Crippen LogP contribution in [0.2, 0.25) is 0 Å². The molecule has 4 heteroatoms. The average molecular weight is 361 g/mol. The Balaban J connectivity index is 1.88. The Kier molecular flexibility index (Phi) is 3.96. The van der Waals surface area contributed by atoms with Crippen molar-refractivity contribution in [3.05, 3.63) is 58.1 Å². The lowest BCUT2D eigenvalue weighted by molar-refractivity contribution is -0.136. The lowest BCUT2D eigenvalue weighted by atomic mass is 9.79. The molecule has 3 nitrogen and oxygen atoms in total. The normalized spacial score (nSPS) is 15.9. The van der Waals surface area contributed by atoms with Crippen molar-refractivity contribution in [2.45, 2.75) is 32.3 Å². The van der Waals surface area contributed by atoms with Crippen molar-refractivity contribution in [2.24, 2.45) is 0 Å². The molecule has 0 saturated heterocycles. The molecule has 0 radical (unpaired) electrons. The highest BCUT2D eigenvalue weighted by atomic mass is 79.9. The zero-order valence-corrected chi connectivity index (χ0v) is 14.1. The number of benzene rings is 2. The van der Waals surface area contributed by atoms with E-state index in [1.165, 1.54) is 0 Å². The summed E-state index contributed by atoms with van der Waals surface area (Å²) >= 11 is 3.58. The van der Waals surface area contributed by atoms with E-state index in [2.05, 4.69) is 15.9 Å². The van der Waals surface area contributed by atoms with E-state index in [-0.39, 0.29) is 11.4 Å². The molecule has 2 aromatic carbocycles. The highest BCUT2D eigenvalue weighted by Crippen LogP contribution is 2.45. The highest BCUT2D eigenvalue weighted by Gasteiger charge is 2.36. The number of carbonyl (C=O) groups is 1. The molecule has 22 heavy (non-hydrogen) atoms. The van der Waals surface area contributed by atoms with Gasteiger partial charge in [-0.05, 0) is 11.6 Å². The van der Waals surface area contributed by atoms with Crippen LogP contribution in [0.1, 0.15) is 31.4 Å². The largest absolute Gasteiger partial charge is 0.489 e. The molecule has 0 fully saturated rings. The maximum absolute atomic E-state index is 11.8. The van der Waals surface area contributed by atoms with Crippen LogP contribution in [-0.2, 0) is 16.8 Å². The Hall–Kier alpha value is -1.81. The van der Waals surface area contributed by atoms with Crippen molar-refractivity contribution < 1.29 is 14.3 Å². The lowest BCUT2D eigenvalue weighted by Crippen LogP contribution is -2.31. The minimum Gasteiger partial charge on any atom is -0.489 e. The molecule has 2 aromatic rings. The molecule has 0 N–H and O–H groups in total. The number of ether oxygens (including phenoxy) is 2. The summed E-state index contributed by atoms with van der Waals surface area (Å²) in [5.74, 6) is 1.06. The predicted octanol–water partition coefficient (Wildman–Crippen LogP) is 4.61. The third kappa shape index (κ3) is 3.02. The molecule has 3 rings (SSSR count). The summed E-state index contributed by atoms with van der Waals surface area (Å²) in [6.45, 7) is 4.56. The molecule has 0 amide bonds. The molecular formula is C18H17BrO3. The van der Waals surface area contributed by atoms with Crippen molar-refractivity contribution in [2.75, 3.05) is 0 Å². The van der Waals surface area contributed by atoms with Gasteiger partial charge in [0.25, 0.3) is 0 Å². The van der Waals surface area contributed by atoms with E-state index in [9.17, 15) is 4.79 Å². The van der Waals surface area contributed by atoms with Gasteiger partial charge in [0.15, 0.2) is 0 Å². The Morgan fingerprint density at radius 2 is 1.95 bits per heavy atom. The van der Waals surface area contributed by atoms with Crippen LogP contribution in [0.4, 0.5) is 0 Å². The van der Waals surface area contributed by atoms with Crippen LogP contribution < -0.4 is 9.47 Å². The first-order valence-corrected chi connectivity index (χ1v) is 7.96. The fourth-order valence-corrected chi connectivity index (χ4v) is 3.68. The summed E-state index contributed by atoms with van der Waals surface area (Å²) in [6.07, 6.45) is 0.378. The second-order valence-electron chi connectivity index (χ2n) is 6.09. The van der Waals surface area contributed by atoms with Crippen LogP contribution in [0.25, 0.3) is 0 Å². The van der Waals surface area contributed by atoms with E-state index >= 15 is 0 Å². The summed E-state index contributed by atoms with van der Waals surface area (Å²) < 4.78 is 12.1. The van der Waals surface area contributed by atoms with Gasteiger partial charge in [-0.15, -0.1) is 0 Å². The first kappa shape index (κ1) is 15.1. The molecule has 0 aliphatic carbocycles. The molecule has 0 bridgehead atoms. The third-order valence-corrected chi connectivity index (χ3v) is 4.39. The third-order valence-electron chi connectivity index (χ3n) is 3.76. The van der Waals surface area contributed by atoms with E-state index in [1.807, 2.05) is 50.2 Å². The first-order chi connectivity index (χ1) is 10.5. The molecule has 0 atom stereocenters. The van der Waals surface area contributed by atoms with Gasteiger partial charge in [-0.25, -0.2) is 0 Å².